The maximum atomic E-state index is 13.1. The molecule has 2 heterocycles. The average molecular weight is 420 g/mol. The first kappa shape index (κ1) is 22.9. The van der Waals surface area contributed by atoms with Gasteiger partial charge >= 0.3 is 0 Å². The number of rotatable bonds is 7. The summed E-state index contributed by atoms with van der Waals surface area (Å²) in [6, 6.07) is 9.46. The molecule has 0 spiro atoms. The molecule has 1 fully saturated rings. The Morgan fingerprint density at radius 2 is 2.03 bits per heavy atom. The van der Waals surface area contributed by atoms with Crippen LogP contribution in [0.3, 0.4) is 0 Å². The van der Waals surface area contributed by atoms with Crippen molar-refractivity contribution in [2.45, 2.75) is 45.2 Å². The summed E-state index contributed by atoms with van der Waals surface area (Å²) >= 11 is 0. The van der Waals surface area contributed by atoms with Crippen LogP contribution >= 0.6 is 12.4 Å². The molecule has 1 unspecified atom stereocenters. The number of aromatic nitrogens is 2. The summed E-state index contributed by atoms with van der Waals surface area (Å²) < 4.78 is 1.78. The van der Waals surface area contributed by atoms with E-state index in [0.29, 0.717) is 19.4 Å². The molecule has 1 aliphatic rings. The van der Waals surface area contributed by atoms with Gasteiger partial charge in [0.2, 0.25) is 11.8 Å². The fourth-order valence-corrected chi connectivity index (χ4v) is 3.48. The van der Waals surface area contributed by atoms with Crippen LogP contribution in [0.1, 0.15) is 38.7 Å². The van der Waals surface area contributed by atoms with Gasteiger partial charge in [-0.25, -0.2) is 0 Å². The number of nitrogens with one attached hydrogen (secondary N) is 3. The molecule has 8 heteroatoms. The minimum atomic E-state index is -0.656. The number of hydrogen-bond acceptors (Lipinski definition) is 4. The molecule has 7 nitrogen and oxygen atoms in total. The zero-order valence-electron chi connectivity index (χ0n) is 17.0. The van der Waals surface area contributed by atoms with Crippen LogP contribution in [-0.4, -0.2) is 34.7 Å². The van der Waals surface area contributed by atoms with Gasteiger partial charge in [0.05, 0.1) is 0 Å². The van der Waals surface area contributed by atoms with Crippen molar-refractivity contribution in [2.24, 2.45) is 5.92 Å². The van der Waals surface area contributed by atoms with Gasteiger partial charge in [-0.15, -0.1) is 12.4 Å². The van der Waals surface area contributed by atoms with E-state index in [2.05, 4.69) is 21.0 Å². The quantitative estimate of drug-likeness (QED) is 0.643. The number of anilines is 1. The Morgan fingerprint density at radius 3 is 2.69 bits per heavy atom. The second-order valence-electron chi connectivity index (χ2n) is 7.41. The predicted octanol–water partition coefficient (Wildman–Crippen LogP) is 2.68. The summed E-state index contributed by atoms with van der Waals surface area (Å²) in [7, 11) is 0. The topological polar surface area (TPSA) is 88.1 Å². The standard InChI is InChI=1S/C21H29N5O2.ClH/c1-3-16(2)19(27)25-18-7-4-6-17(14-18)15-23-20(28)21(8-11-22-12-9-21)26-13-5-10-24-26;/h4-7,10,13-14,16,22H,3,8-9,11-12,15H2,1-2H3,(H,23,28)(H,25,27);1H. The van der Waals surface area contributed by atoms with E-state index in [0.717, 1.165) is 30.8 Å². The highest BCUT2D eigenvalue weighted by Gasteiger charge is 2.41. The molecule has 2 amide bonds. The summed E-state index contributed by atoms with van der Waals surface area (Å²) in [6.07, 6.45) is 5.76. The van der Waals surface area contributed by atoms with Crippen LogP contribution in [0, 0.1) is 5.92 Å². The Morgan fingerprint density at radius 1 is 1.28 bits per heavy atom. The van der Waals surface area contributed by atoms with Gasteiger partial charge in [0.15, 0.2) is 0 Å². The summed E-state index contributed by atoms with van der Waals surface area (Å²) in [5.74, 6) is -0.0417. The van der Waals surface area contributed by atoms with Crippen molar-refractivity contribution in [3.63, 3.8) is 0 Å². The average Bonchev–Trinajstić information content (AvgIpc) is 3.27. The van der Waals surface area contributed by atoms with Crippen LogP contribution in [0.4, 0.5) is 5.69 Å². The molecule has 0 saturated carbocycles. The molecule has 0 aliphatic carbocycles. The molecule has 3 rings (SSSR count). The molecular formula is C21H30ClN5O2. The highest BCUT2D eigenvalue weighted by Crippen LogP contribution is 2.27. The minimum Gasteiger partial charge on any atom is -0.350 e. The Labute approximate surface area is 178 Å². The molecule has 3 N–H and O–H groups in total. The van der Waals surface area contributed by atoms with Crippen LogP contribution in [0.15, 0.2) is 42.7 Å². The molecule has 1 aromatic carbocycles. The number of halogens is 1. The van der Waals surface area contributed by atoms with Gasteiger partial charge in [0, 0.05) is 30.5 Å². The van der Waals surface area contributed by atoms with E-state index < -0.39 is 5.54 Å². The molecular weight excluding hydrogens is 390 g/mol. The van der Waals surface area contributed by atoms with E-state index in [1.807, 2.05) is 50.4 Å². The van der Waals surface area contributed by atoms with Crippen molar-refractivity contribution in [3.05, 3.63) is 48.3 Å². The summed E-state index contributed by atoms with van der Waals surface area (Å²) in [5.41, 5.74) is 1.04. The van der Waals surface area contributed by atoms with Crippen molar-refractivity contribution in [3.8, 4) is 0 Å². The zero-order chi connectivity index (χ0) is 20.0. The predicted molar refractivity (Wildman–Crippen MR) is 116 cm³/mol. The third-order valence-corrected chi connectivity index (χ3v) is 5.50. The lowest BCUT2D eigenvalue weighted by atomic mass is 9.87. The maximum absolute atomic E-state index is 13.1. The Hall–Kier alpha value is -2.38. The third-order valence-electron chi connectivity index (χ3n) is 5.50. The fraction of sp³-hybridized carbons (Fsp3) is 0.476. The van der Waals surface area contributed by atoms with Crippen LogP contribution in [0.25, 0.3) is 0 Å². The molecule has 29 heavy (non-hydrogen) atoms. The Kier molecular flexibility index (Phi) is 8.22. The largest absolute Gasteiger partial charge is 0.350 e. The van der Waals surface area contributed by atoms with E-state index in [1.165, 1.54) is 0 Å². The van der Waals surface area contributed by atoms with Crippen molar-refractivity contribution in [1.82, 2.24) is 20.4 Å². The van der Waals surface area contributed by atoms with Crippen LogP contribution in [-0.2, 0) is 21.7 Å². The van der Waals surface area contributed by atoms with Gasteiger partial charge in [-0.05, 0) is 56.1 Å². The smallest absolute Gasteiger partial charge is 0.248 e. The van der Waals surface area contributed by atoms with Gasteiger partial charge in [-0.3, -0.25) is 14.3 Å². The van der Waals surface area contributed by atoms with E-state index in [-0.39, 0.29) is 30.1 Å². The van der Waals surface area contributed by atoms with Crippen LogP contribution < -0.4 is 16.0 Å². The minimum absolute atomic E-state index is 0. The number of carbonyl (C=O) groups excluding carboxylic acids is 2. The van der Waals surface area contributed by atoms with Gasteiger partial charge in [-0.1, -0.05) is 26.0 Å². The second-order valence-corrected chi connectivity index (χ2v) is 7.41. The molecule has 2 aromatic rings. The first-order valence-electron chi connectivity index (χ1n) is 9.94. The fourth-order valence-electron chi connectivity index (χ4n) is 3.48. The highest BCUT2D eigenvalue weighted by molar-refractivity contribution is 5.92. The normalized spacial score (nSPS) is 16.3. The molecule has 0 bridgehead atoms. The number of piperidine rings is 1. The van der Waals surface area contributed by atoms with E-state index in [1.54, 1.807) is 10.9 Å². The number of benzene rings is 1. The first-order chi connectivity index (χ1) is 13.5. The molecule has 1 saturated heterocycles. The Balaban J connectivity index is 0.00000300. The molecule has 1 atom stereocenters. The monoisotopic (exact) mass is 419 g/mol. The van der Waals surface area contributed by atoms with Crippen molar-refractivity contribution in [1.29, 1.82) is 0 Å². The molecule has 1 aromatic heterocycles. The van der Waals surface area contributed by atoms with Gasteiger partial charge in [-0.2, -0.15) is 5.10 Å². The lowest BCUT2D eigenvalue weighted by molar-refractivity contribution is -0.132. The van der Waals surface area contributed by atoms with Crippen molar-refractivity contribution >= 4 is 29.9 Å². The van der Waals surface area contributed by atoms with Gasteiger partial charge in [0.25, 0.3) is 0 Å². The first-order valence-corrected chi connectivity index (χ1v) is 9.94. The molecule has 0 radical (unpaired) electrons. The van der Waals surface area contributed by atoms with Gasteiger partial charge in [0.1, 0.15) is 5.54 Å². The number of amides is 2. The van der Waals surface area contributed by atoms with Gasteiger partial charge < -0.3 is 16.0 Å². The SMILES string of the molecule is CCC(C)C(=O)Nc1cccc(CNC(=O)C2(n3cccn3)CCNCC2)c1.Cl. The van der Waals surface area contributed by atoms with E-state index in [4.69, 9.17) is 0 Å². The van der Waals surface area contributed by atoms with E-state index in [9.17, 15) is 9.59 Å². The second kappa shape index (κ2) is 10.4. The van der Waals surface area contributed by atoms with Crippen LogP contribution in [0.5, 0.6) is 0 Å². The van der Waals surface area contributed by atoms with E-state index >= 15 is 0 Å². The highest BCUT2D eigenvalue weighted by atomic mass is 35.5. The molecule has 1 aliphatic heterocycles. The lowest BCUT2D eigenvalue weighted by Gasteiger charge is -2.36. The van der Waals surface area contributed by atoms with Crippen molar-refractivity contribution < 1.29 is 9.59 Å². The maximum Gasteiger partial charge on any atom is 0.248 e. The third kappa shape index (κ3) is 5.36. The number of hydrogen-bond donors (Lipinski definition) is 3. The zero-order valence-corrected chi connectivity index (χ0v) is 17.8. The summed E-state index contributed by atoms with van der Waals surface area (Å²) in [5, 5.41) is 13.7. The lowest BCUT2D eigenvalue weighted by Crippen LogP contribution is -2.54. The summed E-state index contributed by atoms with van der Waals surface area (Å²) in [4.78, 5) is 25.2. The van der Waals surface area contributed by atoms with Crippen LogP contribution in [0.2, 0.25) is 0 Å². The molecule has 158 valence electrons. The Bertz CT molecular complexity index is 803. The number of carbonyl (C=O) groups is 2. The summed E-state index contributed by atoms with van der Waals surface area (Å²) in [6.45, 7) is 5.87. The van der Waals surface area contributed by atoms with Crippen molar-refractivity contribution in [2.75, 3.05) is 18.4 Å². The number of nitrogens with zero attached hydrogens (tertiary/aromatic N) is 2.